The average Bonchev–Trinajstić information content (AvgIpc) is 2.96. The molecule has 3 N–H and O–H groups in total. The largest absolute Gasteiger partial charge is 0.370 e. The molecule has 0 saturated carbocycles. The van der Waals surface area contributed by atoms with E-state index in [-0.39, 0.29) is 24.0 Å². The standard InChI is InChI=1S/C16H21N5.HI/c1-13(2)9-19-16(17)20-10-14-4-3-5-15(8-14)11-21-7-6-18-12-21;/h3-8,12H,1,9-11H2,2H3,(H3,17,19,20);1H. The third-order valence-corrected chi connectivity index (χ3v) is 2.92. The molecule has 0 bridgehead atoms. The maximum absolute atomic E-state index is 5.80. The summed E-state index contributed by atoms with van der Waals surface area (Å²) in [5, 5.41) is 3.02. The topological polar surface area (TPSA) is 68.2 Å². The number of nitrogens with two attached hydrogens (primary N) is 1. The van der Waals surface area contributed by atoms with Crippen molar-refractivity contribution in [3.05, 3.63) is 66.3 Å². The number of guanidine groups is 1. The lowest BCUT2D eigenvalue weighted by Crippen LogP contribution is -2.32. The van der Waals surface area contributed by atoms with E-state index >= 15 is 0 Å². The number of rotatable bonds is 6. The van der Waals surface area contributed by atoms with Crippen molar-refractivity contribution in [2.24, 2.45) is 10.7 Å². The fraction of sp³-hybridized carbons (Fsp3) is 0.250. The van der Waals surface area contributed by atoms with Crippen molar-refractivity contribution in [3.63, 3.8) is 0 Å². The molecule has 0 aliphatic rings. The second kappa shape index (κ2) is 9.24. The van der Waals surface area contributed by atoms with Gasteiger partial charge in [-0.05, 0) is 18.1 Å². The van der Waals surface area contributed by atoms with Gasteiger partial charge in [0.05, 0.1) is 12.9 Å². The van der Waals surface area contributed by atoms with Gasteiger partial charge in [0.25, 0.3) is 0 Å². The first-order valence-corrected chi connectivity index (χ1v) is 6.85. The highest BCUT2D eigenvalue weighted by molar-refractivity contribution is 14.0. The van der Waals surface area contributed by atoms with E-state index in [1.165, 1.54) is 5.56 Å². The van der Waals surface area contributed by atoms with Gasteiger partial charge >= 0.3 is 0 Å². The van der Waals surface area contributed by atoms with Crippen LogP contribution in [0.3, 0.4) is 0 Å². The van der Waals surface area contributed by atoms with E-state index in [4.69, 9.17) is 5.73 Å². The van der Waals surface area contributed by atoms with E-state index in [0.717, 1.165) is 17.7 Å². The molecule has 5 nitrogen and oxygen atoms in total. The van der Waals surface area contributed by atoms with Gasteiger partial charge in [0.1, 0.15) is 0 Å². The first-order chi connectivity index (χ1) is 10.1. The molecule has 2 rings (SSSR count). The Bertz CT molecular complexity index is 619. The smallest absolute Gasteiger partial charge is 0.189 e. The van der Waals surface area contributed by atoms with E-state index in [1.807, 2.05) is 36.1 Å². The zero-order chi connectivity index (χ0) is 15.1. The predicted molar refractivity (Wildman–Crippen MR) is 101 cm³/mol. The van der Waals surface area contributed by atoms with Crippen LogP contribution in [-0.2, 0) is 13.1 Å². The molecular weight excluding hydrogens is 389 g/mol. The predicted octanol–water partition coefficient (Wildman–Crippen LogP) is 2.53. The summed E-state index contributed by atoms with van der Waals surface area (Å²) in [6.07, 6.45) is 5.54. The lowest BCUT2D eigenvalue weighted by atomic mass is 10.1. The number of nitrogens with zero attached hydrogens (tertiary/aromatic N) is 3. The maximum atomic E-state index is 5.80. The van der Waals surface area contributed by atoms with E-state index in [9.17, 15) is 0 Å². The molecule has 0 saturated heterocycles. The first-order valence-electron chi connectivity index (χ1n) is 6.85. The summed E-state index contributed by atoms with van der Waals surface area (Å²) in [7, 11) is 0. The maximum Gasteiger partial charge on any atom is 0.189 e. The molecule has 1 heterocycles. The minimum atomic E-state index is 0. The number of imidazole rings is 1. The molecule has 0 aliphatic carbocycles. The Morgan fingerprint density at radius 1 is 1.41 bits per heavy atom. The molecule has 2 aromatic rings. The monoisotopic (exact) mass is 411 g/mol. The molecule has 0 amide bonds. The molecule has 22 heavy (non-hydrogen) atoms. The molecule has 0 atom stereocenters. The summed E-state index contributed by atoms with van der Waals surface area (Å²) in [6.45, 7) is 7.77. The number of benzene rings is 1. The van der Waals surface area contributed by atoms with Crippen LogP contribution in [-0.4, -0.2) is 22.1 Å². The van der Waals surface area contributed by atoms with Crippen molar-refractivity contribution in [2.45, 2.75) is 20.0 Å². The number of hydrogen-bond acceptors (Lipinski definition) is 2. The highest BCUT2D eigenvalue weighted by atomic mass is 127. The summed E-state index contributed by atoms with van der Waals surface area (Å²) in [4.78, 5) is 8.37. The van der Waals surface area contributed by atoms with Crippen molar-refractivity contribution < 1.29 is 0 Å². The van der Waals surface area contributed by atoms with Gasteiger partial charge in [-0.3, -0.25) is 0 Å². The van der Waals surface area contributed by atoms with Crippen molar-refractivity contribution in [3.8, 4) is 0 Å². The van der Waals surface area contributed by atoms with Crippen LogP contribution in [0.25, 0.3) is 0 Å². The van der Waals surface area contributed by atoms with Crippen molar-refractivity contribution in [1.82, 2.24) is 14.9 Å². The molecule has 1 aromatic heterocycles. The van der Waals surface area contributed by atoms with Gasteiger partial charge in [0.2, 0.25) is 0 Å². The molecular formula is C16H22IN5. The van der Waals surface area contributed by atoms with Gasteiger partial charge in [0, 0.05) is 25.5 Å². The number of hydrogen-bond donors (Lipinski definition) is 2. The summed E-state index contributed by atoms with van der Waals surface area (Å²) in [6, 6.07) is 8.31. The number of nitrogens with one attached hydrogen (secondary N) is 1. The zero-order valence-electron chi connectivity index (χ0n) is 12.7. The van der Waals surface area contributed by atoms with Crippen molar-refractivity contribution in [2.75, 3.05) is 6.54 Å². The van der Waals surface area contributed by atoms with E-state index in [2.05, 4.69) is 34.0 Å². The zero-order valence-corrected chi connectivity index (χ0v) is 15.0. The molecule has 0 aliphatic heterocycles. The molecule has 0 spiro atoms. The number of aliphatic imine (C=N–C) groups is 1. The highest BCUT2D eigenvalue weighted by Gasteiger charge is 1.98. The molecule has 6 heteroatoms. The van der Waals surface area contributed by atoms with E-state index in [0.29, 0.717) is 19.0 Å². The lowest BCUT2D eigenvalue weighted by molar-refractivity contribution is 0.795. The van der Waals surface area contributed by atoms with Crippen molar-refractivity contribution in [1.29, 1.82) is 0 Å². The Morgan fingerprint density at radius 3 is 2.86 bits per heavy atom. The van der Waals surface area contributed by atoms with Crippen LogP contribution in [0.1, 0.15) is 18.1 Å². The van der Waals surface area contributed by atoms with Crippen molar-refractivity contribution >= 4 is 29.9 Å². The molecule has 0 fully saturated rings. The summed E-state index contributed by atoms with van der Waals surface area (Å²) >= 11 is 0. The Balaban J connectivity index is 0.00000242. The Labute approximate surface area is 148 Å². The third kappa shape index (κ3) is 6.30. The van der Waals surface area contributed by atoms with Crippen LogP contribution in [0.2, 0.25) is 0 Å². The van der Waals surface area contributed by atoms with Crippen LogP contribution < -0.4 is 11.1 Å². The van der Waals surface area contributed by atoms with Gasteiger partial charge in [0.15, 0.2) is 5.96 Å². The van der Waals surface area contributed by atoms with Crippen LogP contribution in [0.15, 0.2) is 60.1 Å². The number of aromatic nitrogens is 2. The van der Waals surface area contributed by atoms with Gasteiger partial charge in [-0.25, -0.2) is 9.98 Å². The van der Waals surface area contributed by atoms with Crippen LogP contribution >= 0.6 is 24.0 Å². The molecule has 0 radical (unpaired) electrons. The average molecular weight is 411 g/mol. The fourth-order valence-electron chi connectivity index (χ4n) is 1.89. The third-order valence-electron chi connectivity index (χ3n) is 2.92. The summed E-state index contributed by atoms with van der Waals surface area (Å²) in [5.41, 5.74) is 9.18. The normalized spacial score (nSPS) is 10.9. The Kier molecular flexibility index (Phi) is 7.65. The minimum absolute atomic E-state index is 0. The van der Waals surface area contributed by atoms with Gasteiger partial charge < -0.3 is 15.6 Å². The van der Waals surface area contributed by atoms with Gasteiger partial charge in [-0.2, -0.15) is 0 Å². The van der Waals surface area contributed by atoms with Gasteiger partial charge in [-0.15, -0.1) is 24.0 Å². The SMILES string of the molecule is C=C(C)CNC(N)=NCc1cccc(Cn2ccnc2)c1.I. The van der Waals surface area contributed by atoms with E-state index in [1.54, 1.807) is 6.20 Å². The van der Waals surface area contributed by atoms with Crippen LogP contribution in [0, 0.1) is 0 Å². The van der Waals surface area contributed by atoms with Crippen LogP contribution in [0.4, 0.5) is 0 Å². The molecule has 0 unspecified atom stereocenters. The quantitative estimate of drug-likeness (QED) is 0.332. The Hall–Kier alpha value is -1.83. The first kappa shape index (κ1) is 18.2. The lowest BCUT2D eigenvalue weighted by Gasteiger charge is -2.06. The molecule has 118 valence electrons. The second-order valence-corrected chi connectivity index (χ2v) is 5.07. The minimum Gasteiger partial charge on any atom is -0.370 e. The number of halogens is 1. The molecule has 1 aromatic carbocycles. The summed E-state index contributed by atoms with van der Waals surface area (Å²) < 4.78 is 2.03. The van der Waals surface area contributed by atoms with Gasteiger partial charge in [-0.1, -0.05) is 36.4 Å². The van der Waals surface area contributed by atoms with Crippen LogP contribution in [0.5, 0.6) is 0 Å². The highest BCUT2D eigenvalue weighted by Crippen LogP contribution is 2.08. The Morgan fingerprint density at radius 2 is 2.18 bits per heavy atom. The van der Waals surface area contributed by atoms with E-state index < -0.39 is 0 Å². The second-order valence-electron chi connectivity index (χ2n) is 5.07. The fourth-order valence-corrected chi connectivity index (χ4v) is 1.89. The summed E-state index contributed by atoms with van der Waals surface area (Å²) in [5.74, 6) is 0.443.